The maximum Gasteiger partial charge on any atom is 0.181 e. The molecule has 1 aromatic carbocycles. The van der Waals surface area contributed by atoms with E-state index in [1.165, 1.54) is 18.6 Å². The average molecular weight is 307 g/mol. The van der Waals surface area contributed by atoms with Crippen LogP contribution < -0.4 is 0 Å². The first-order valence-corrected chi connectivity index (χ1v) is 8.72. The lowest BCUT2D eigenvalue weighted by Crippen LogP contribution is -2.04. The molecule has 0 saturated carbocycles. The summed E-state index contributed by atoms with van der Waals surface area (Å²) in [5.41, 5.74) is 9.94. The zero-order valence-electron chi connectivity index (χ0n) is 12.3. The Labute approximate surface area is 126 Å². The zero-order valence-corrected chi connectivity index (χ0v) is 13.1. The molecule has 114 valence electrons. The van der Waals surface area contributed by atoms with Gasteiger partial charge in [-0.25, -0.2) is 8.42 Å². The monoisotopic (exact) mass is 307 g/mol. The van der Waals surface area contributed by atoms with Crippen molar-refractivity contribution in [2.24, 2.45) is 5.11 Å². The number of rotatable bonds is 9. The van der Waals surface area contributed by atoms with Gasteiger partial charge in [0.25, 0.3) is 0 Å². The van der Waals surface area contributed by atoms with E-state index < -0.39 is 9.84 Å². The maximum atomic E-state index is 12.0. The van der Waals surface area contributed by atoms with Crippen LogP contribution >= 0.6 is 0 Å². The Balaban J connectivity index is 3.02. The molecule has 6 heteroatoms. The Hall–Kier alpha value is -1.78. The number of aryl methyl sites for hydroxylation is 1. The first-order valence-electron chi connectivity index (χ1n) is 7.06. The third-order valence-corrected chi connectivity index (χ3v) is 4.85. The van der Waals surface area contributed by atoms with Crippen molar-refractivity contribution in [3.05, 3.63) is 46.9 Å². The van der Waals surface area contributed by atoms with E-state index in [2.05, 4.69) is 23.5 Å². The van der Waals surface area contributed by atoms with Crippen molar-refractivity contribution in [1.82, 2.24) is 0 Å². The predicted octanol–water partition coefficient (Wildman–Crippen LogP) is 4.71. The highest BCUT2D eigenvalue weighted by atomic mass is 32.2. The lowest BCUT2D eigenvalue weighted by Gasteiger charge is -2.08. The normalized spacial score (nSPS) is 10.9. The summed E-state index contributed by atoms with van der Waals surface area (Å²) < 4.78 is 24.0. The number of hydrogen-bond donors (Lipinski definition) is 0. The maximum absolute atomic E-state index is 12.0. The van der Waals surface area contributed by atoms with Crippen LogP contribution in [0.1, 0.15) is 38.2 Å². The number of nitrogens with zero attached hydrogens (tertiary/aromatic N) is 3. The largest absolute Gasteiger partial charge is 0.223 e. The molecule has 0 heterocycles. The Morgan fingerprint density at radius 2 is 2.10 bits per heavy atom. The smallest absolute Gasteiger partial charge is 0.181 e. The van der Waals surface area contributed by atoms with Crippen LogP contribution in [0.25, 0.3) is 10.4 Å². The Bertz CT molecular complexity index is 632. The van der Waals surface area contributed by atoms with Gasteiger partial charge in [-0.15, -0.1) is 6.58 Å². The summed E-state index contributed by atoms with van der Waals surface area (Å²) in [5.74, 6) is -0.126. The fraction of sp³-hybridized carbons (Fsp3) is 0.467. The molecule has 0 aliphatic rings. The highest BCUT2D eigenvalue weighted by Crippen LogP contribution is 2.26. The number of azide groups is 1. The van der Waals surface area contributed by atoms with Crippen LogP contribution in [0.5, 0.6) is 0 Å². The zero-order chi connectivity index (χ0) is 15.7. The molecule has 0 fully saturated rings. The fourth-order valence-corrected chi connectivity index (χ4v) is 3.15. The molecule has 0 aliphatic carbocycles. The van der Waals surface area contributed by atoms with Crippen molar-refractivity contribution in [3.63, 3.8) is 0 Å². The number of benzene rings is 1. The summed E-state index contributed by atoms with van der Waals surface area (Å²) in [6, 6.07) is 4.77. The van der Waals surface area contributed by atoms with E-state index in [4.69, 9.17) is 5.53 Å². The molecule has 0 atom stereocenters. The molecule has 0 N–H and O–H groups in total. The van der Waals surface area contributed by atoms with Crippen LogP contribution in [0.15, 0.2) is 40.9 Å². The van der Waals surface area contributed by atoms with Gasteiger partial charge >= 0.3 is 0 Å². The first-order chi connectivity index (χ1) is 10.0. The van der Waals surface area contributed by atoms with Crippen LogP contribution in [0.2, 0.25) is 0 Å². The summed E-state index contributed by atoms with van der Waals surface area (Å²) in [6.45, 7) is 5.59. The van der Waals surface area contributed by atoms with E-state index in [-0.39, 0.29) is 10.6 Å². The second-order valence-electron chi connectivity index (χ2n) is 4.86. The molecule has 0 saturated heterocycles. The third-order valence-electron chi connectivity index (χ3n) is 3.21. The molecule has 0 unspecified atom stereocenters. The van der Waals surface area contributed by atoms with Gasteiger partial charge in [-0.2, -0.15) is 0 Å². The molecule has 0 aliphatic heterocycles. The second kappa shape index (κ2) is 8.49. The molecule has 5 nitrogen and oxygen atoms in total. The molecular formula is C15H21N3O2S. The lowest BCUT2D eigenvalue weighted by molar-refractivity contribution is 0.599. The Morgan fingerprint density at radius 1 is 1.33 bits per heavy atom. The molecular weight excluding hydrogens is 286 g/mol. The van der Waals surface area contributed by atoms with Crippen molar-refractivity contribution in [3.8, 4) is 0 Å². The van der Waals surface area contributed by atoms with Crippen molar-refractivity contribution < 1.29 is 8.42 Å². The van der Waals surface area contributed by atoms with Crippen molar-refractivity contribution in [1.29, 1.82) is 0 Å². The predicted molar refractivity (Wildman–Crippen MR) is 85.3 cm³/mol. The Morgan fingerprint density at radius 3 is 2.71 bits per heavy atom. The summed E-state index contributed by atoms with van der Waals surface area (Å²) in [6.07, 6.45) is 6.57. The SMILES string of the molecule is C=CCS(=O)(=O)c1ccc(CCCCCC)c(N=[N+]=[N-])c1. The van der Waals surface area contributed by atoms with Crippen molar-refractivity contribution >= 4 is 15.5 Å². The molecule has 1 rings (SSSR count). The van der Waals surface area contributed by atoms with E-state index in [0.29, 0.717) is 5.69 Å². The fourth-order valence-electron chi connectivity index (χ4n) is 2.08. The van der Waals surface area contributed by atoms with Crippen molar-refractivity contribution in [2.45, 2.75) is 43.9 Å². The van der Waals surface area contributed by atoms with E-state index in [1.807, 2.05) is 0 Å². The minimum absolute atomic E-state index is 0.126. The van der Waals surface area contributed by atoms with Gasteiger partial charge in [0.05, 0.1) is 10.6 Å². The van der Waals surface area contributed by atoms with E-state index >= 15 is 0 Å². The van der Waals surface area contributed by atoms with Gasteiger partial charge in [0.15, 0.2) is 9.84 Å². The van der Waals surface area contributed by atoms with Crippen LogP contribution in [0, 0.1) is 0 Å². The van der Waals surface area contributed by atoms with Gasteiger partial charge in [-0.3, -0.25) is 0 Å². The van der Waals surface area contributed by atoms with E-state index in [1.54, 1.807) is 12.1 Å². The van der Waals surface area contributed by atoms with Crippen LogP contribution in [0.3, 0.4) is 0 Å². The van der Waals surface area contributed by atoms with Crippen LogP contribution in [-0.4, -0.2) is 14.2 Å². The highest BCUT2D eigenvalue weighted by Gasteiger charge is 2.14. The Kier molecular flexibility index (Phi) is 6.99. The summed E-state index contributed by atoms with van der Waals surface area (Å²) >= 11 is 0. The number of sulfone groups is 1. The van der Waals surface area contributed by atoms with E-state index in [0.717, 1.165) is 31.2 Å². The topological polar surface area (TPSA) is 82.9 Å². The van der Waals surface area contributed by atoms with Gasteiger partial charge < -0.3 is 0 Å². The minimum atomic E-state index is -3.40. The molecule has 0 spiro atoms. The van der Waals surface area contributed by atoms with E-state index in [9.17, 15) is 8.42 Å². The third kappa shape index (κ3) is 5.25. The summed E-state index contributed by atoms with van der Waals surface area (Å²) in [7, 11) is -3.40. The van der Waals surface area contributed by atoms with Gasteiger partial charge in [-0.05, 0) is 36.1 Å². The van der Waals surface area contributed by atoms with Crippen LogP contribution in [0.4, 0.5) is 5.69 Å². The second-order valence-corrected chi connectivity index (χ2v) is 6.89. The van der Waals surface area contributed by atoms with Gasteiger partial charge in [-0.1, -0.05) is 43.4 Å². The van der Waals surface area contributed by atoms with Crippen molar-refractivity contribution in [2.75, 3.05) is 5.75 Å². The highest BCUT2D eigenvalue weighted by molar-refractivity contribution is 7.91. The van der Waals surface area contributed by atoms with Gasteiger partial charge in [0.1, 0.15) is 0 Å². The summed E-state index contributed by atoms with van der Waals surface area (Å²) in [4.78, 5) is 2.96. The summed E-state index contributed by atoms with van der Waals surface area (Å²) in [5, 5.41) is 3.63. The molecule has 1 aromatic rings. The average Bonchev–Trinajstić information content (AvgIpc) is 2.45. The van der Waals surface area contributed by atoms with Gasteiger partial charge in [0, 0.05) is 10.6 Å². The molecule has 0 radical (unpaired) electrons. The van der Waals surface area contributed by atoms with Gasteiger partial charge in [0.2, 0.25) is 0 Å². The lowest BCUT2D eigenvalue weighted by atomic mass is 10.0. The van der Waals surface area contributed by atoms with Crippen LogP contribution in [-0.2, 0) is 16.3 Å². The first kappa shape index (κ1) is 17.3. The number of unbranched alkanes of at least 4 members (excludes halogenated alkanes) is 3. The minimum Gasteiger partial charge on any atom is -0.223 e. The quantitative estimate of drug-likeness (QED) is 0.217. The molecule has 0 amide bonds. The number of hydrogen-bond acceptors (Lipinski definition) is 3. The molecule has 0 aromatic heterocycles. The molecule has 21 heavy (non-hydrogen) atoms. The standard InChI is InChI=1S/C15H21N3O2S/c1-3-5-6-7-8-13-9-10-14(12-15(13)17-18-16)21(19,20)11-4-2/h4,9-10,12H,2-3,5-8,11H2,1H3. The molecule has 0 bridgehead atoms.